The van der Waals surface area contributed by atoms with Gasteiger partial charge in [-0.05, 0) is 18.3 Å². The summed E-state index contributed by atoms with van der Waals surface area (Å²) in [5, 5.41) is 0. The van der Waals surface area contributed by atoms with Gasteiger partial charge in [-0.1, -0.05) is 26.7 Å². The summed E-state index contributed by atoms with van der Waals surface area (Å²) in [4.78, 5) is 4.48. The molecular weight excluding hydrogens is 207 g/mol. The zero-order valence-corrected chi connectivity index (χ0v) is 9.10. The molecule has 0 aromatic rings. The molecule has 0 aromatic heterocycles. The summed E-state index contributed by atoms with van der Waals surface area (Å²) in [5.74, 6) is 0.915. The van der Waals surface area contributed by atoms with Crippen LogP contribution in [0.2, 0.25) is 0 Å². The van der Waals surface area contributed by atoms with E-state index in [1.54, 1.807) is 0 Å². The predicted octanol–water partition coefficient (Wildman–Crippen LogP) is 2.89. The molecule has 0 amide bonds. The van der Waals surface area contributed by atoms with Crippen LogP contribution in [0, 0.1) is 11.8 Å². The first-order valence-electron chi connectivity index (χ1n) is 5.34. The lowest BCUT2D eigenvalue weighted by atomic mass is 9.78. The maximum absolute atomic E-state index is 11.8. The molecule has 5 heteroatoms. The lowest BCUT2D eigenvalue weighted by molar-refractivity contribution is -0.195. The first-order valence-corrected chi connectivity index (χ1v) is 5.34. The van der Waals surface area contributed by atoms with Crippen molar-refractivity contribution in [2.45, 2.75) is 45.3 Å². The molecule has 1 rings (SSSR count). The monoisotopic (exact) mass is 225 g/mol. The minimum Gasteiger partial charge on any atom is -0.292 e. The molecule has 3 unspecified atom stereocenters. The molecule has 0 saturated heterocycles. The van der Waals surface area contributed by atoms with Gasteiger partial charge in [-0.2, -0.15) is 18.7 Å². The molecule has 0 spiro atoms. The minimum absolute atomic E-state index is 0.0519. The van der Waals surface area contributed by atoms with E-state index >= 15 is 0 Å². The lowest BCUT2D eigenvalue weighted by Crippen LogP contribution is -2.41. The summed E-state index contributed by atoms with van der Waals surface area (Å²) in [6, 6.07) is 0.0519. The van der Waals surface area contributed by atoms with E-state index in [1.165, 1.54) is 0 Å². The molecular formula is C10H18F3NO. The fourth-order valence-electron chi connectivity index (χ4n) is 1.98. The van der Waals surface area contributed by atoms with E-state index in [2.05, 4.69) is 24.2 Å². The number of hydrogen-bond donors (Lipinski definition) is 1. The lowest BCUT2D eigenvalue weighted by Gasteiger charge is -2.34. The van der Waals surface area contributed by atoms with Gasteiger partial charge in [0, 0.05) is 6.04 Å². The summed E-state index contributed by atoms with van der Waals surface area (Å²) in [7, 11) is 0. The summed E-state index contributed by atoms with van der Waals surface area (Å²) in [5.41, 5.74) is 2.54. The Hall–Kier alpha value is -0.290. The molecule has 0 heterocycles. The number of hydrogen-bond acceptors (Lipinski definition) is 2. The second kappa shape index (κ2) is 5.16. The van der Waals surface area contributed by atoms with Crippen molar-refractivity contribution >= 4 is 0 Å². The molecule has 90 valence electrons. The first-order chi connectivity index (χ1) is 6.90. The normalized spacial score (nSPS) is 33.0. The molecule has 2 nitrogen and oxygen atoms in total. The van der Waals surface area contributed by atoms with Gasteiger partial charge in [-0.25, -0.2) is 0 Å². The molecule has 1 aliphatic carbocycles. The Morgan fingerprint density at radius 3 is 2.53 bits per heavy atom. The van der Waals surface area contributed by atoms with Crippen LogP contribution in [0.3, 0.4) is 0 Å². The van der Waals surface area contributed by atoms with E-state index in [9.17, 15) is 13.2 Å². The van der Waals surface area contributed by atoms with Gasteiger partial charge < -0.3 is 0 Å². The van der Waals surface area contributed by atoms with Crippen LogP contribution in [0.1, 0.15) is 33.1 Å². The summed E-state index contributed by atoms with van der Waals surface area (Å²) < 4.78 is 35.5. The molecule has 0 aromatic carbocycles. The van der Waals surface area contributed by atoms with Crippen molar-refractivity contribution < 1.29 is 18.0 Å². The van der Waals surface area contributed by atoms with Gasteiger partial charge in [0.05, 0.1) is 0 Å². The van der Waals surface area contributed by atoms with Crippen LogP contribution in [-0.4, -0.2) is 18.8 Å². The third kappa shape index (κ3) is 4.38. The van der Waals surface area contributed by atoms with Crippen molar-refractivity contribution in [3.8, 4) is 0 Å². The van der Waals surface area contributed by atoms with Crippen molar-refractivity contribution in [1.82, 2.24) is 5.48 Å². The van der Waals surface area contributed by atoms with Crippen LogP contribution in [0.25, 0.3) is 0 Å². The Kier molecular flexibility index (Phi) is 4.40. The number of hydroxylamine groups is 1. The van der Waals surface area contributed by atoms with Crippen LogP contribution in [-0.2, 0) is 4.84 Å². The van der Waals surface area contributed by atoms with E-state index < -0.39 is 12.8 Å². The van der Waals surface area contributed by atoms with Gasteiger partial charge in [0.2, 0.25) is 0 Å². The average Bonchev–Trinajstić information content (AvgIpc) is 2.10. The van der Waals surface area contributed by atoms with Gasteiger partial charge in [-0.15, -0.1) is 0 Å². The fourth-order valence-corrected chi connectivity index (χ4v) is 1.98. The molecule has 15 heavy (non-hydrogen) atoms. The standard InChI is InChI=1S/C10H18F3NO/c1-7-4-3-5-9(8(7)2)14-15-6-10(11,12)13/h7-9,14H,3-6H2,1-2H3. The van der Waals surface area contributed by atoms with Crippen LogP contribution in [0.4, 0.5) is 13.2 Å². The number of halogens is 3. The summed E-state index contributed by atoms with van der Waals surface area (Å²) >= 11 is 0. The highest BCUT2D eigenvalue weighted by Gasteiger charge is 2.30. The summed E-state index contributed by atoms with van der Waals surface area (Å²) in [6.07, 6.45) is -1.16. The highest BCUT2D eigenvalue weighted by molar-refractivity contribution is 4.80. The second-order valence-electron chi connectivity index (χ2n) is 4.40. The van der Waals surface area contributed by atoms with Crippen molar-refractivity contribution in [2.75, 3.05) is 6.61 Å². The zero-order chi connectivity index (χ0) is 11.5. The number of alkyl halides is 3. The smallest absolute Gasteiger partial charge is 0.292 e. The van der Waals surface area contributed by atoms with Gasteiger partial charge in [-0.3, -0.25) is 4.84 Å². The Bertz CT molecular complexity index is 196. The van der Waals surface area contributed by atoms with Crippen LogP contribution < -0.4 is 5.48 Å². The molecule has 1 saturated carbocycles. The quantitative estimate of drug-likeness (QED) is 0.746. The van der Waals surface area contributed by atoms with E-state index in [4.69, 9.17) is 0 Å². The minimum atomic E-state index is -4.25. The van der Waals surface area contributed by atoms with Crippen LogP contribution in [0.15, 0.2) is 0 Å². The van der Waals surface area contributed by atoms with E-state index in [0.29, 0.717) is 11.8 Å². The molecule has 0 bridgehead atoms. The highest BCUT2D eigenvalue weighted by atomic mass is 19.4. The average molecular weight is 225 g/mol. The summed E-state index contributed by atoms with van der Waals surface area (Å²) in [6.45, 7) is 2.96. The van der Waals surface area contributed by atoms with Gasteiger partial charge in [0.1, 0.15) is 0 Å². The molecule has 1 N–H and O–H groups in total. The molecule has 0 radical (unpaired) electrons. The first kappa shape index (κ1) is 12.8. The SMILES string of the molecule is CC1CCCC(NOCC(F)(F)F)C1C. The van der Waals surface area contributed by atoms with Gasteiger partial charge in [0.15, 0.2) is 6.61 Å². The largest absolute Gasteiger partial charge is 0.413 e. The van der Waals surface area contributed by atoms with Crippen molar-refractivity contribution in [2.24, 2.45) is 11.8 Å². The highest BCUT2D eigenvalue weighted by Crippen LogP contribution is 2.29. The van der Waals surface area contributed by atoms with Crippen molar-refractivity contribution in [3.63, 3.8) is 0 Å². The third-order valence-electron chi connectivity index (χ3n) is 3.18. The van der Waals surface area contributed by atoms with Gasteiger partial charge in [0.25, 0.3) is 0 Å². The molecule has 3 atom stereocenters. The van der Waals surface area contributed by atoms with Crippen LogP contribution in [0.5, 0.6) is 0 Å². The molecule has 0 aliphatic heterocycles. The second-order valence-corrected chi connectivity index (χ2v) is 4.40. The number of rotatable bonds is 3. The maximum Gasteiger partial charge on any atom is 0.413 e. The zero-order valence-electron chi connectivity index (χ0n) is 9.10. The van der Waals surface area contributed by atoms with Crippen molar-refractivity contribution in [1.29, 1.82) is 0 Å². The van der Waals surface area contributed by atoms with E-state index in [1.807, 2.05) is 0 Å². The van der Waals surface area contributed by atoms with Crippen molar-refractivity contribution in [3.05, 3.63) is 0 Å². The third-order valence-corrected chi connectivity index (χ3v) is 3.18. The maximum atomic E-state index is 11.8. The fraction of sp³-hybridized carbons (Fsp3) is 1.00. The Labute approximate surface area is 88.1 Å². The van der Waals surface area contributed by atoms with Crippen LogP contribution >= 0.6 is 0 Å². The predicted molar refractivity (Wildman–Crippen MR) is 51.1 cm³/mol. The Balaban J connectivity index is 2.26. The van der Waals surface area contributed by atoms with Gasteiger partial charge >= 0.3 is 6.18 Å². The molecule has 1 fully saturated rings. The topological polar surface area (TPSA) is 21.3 Å². The Morgan fingerprint density at radius 1 is 1.27 bits per heavy atom. The van der Waals surface area contributed by atoms with E-state index in [-0.39, 0.29) is 6.04 Å². The number of nitrogens with one attached hydrogen (secondary N) is 1. The van der Waals surface area contributed by atoms with E-state index in [0.717, 1.165) is 19.3 Å². The Morgan fingerprint density at radius 2 is 1.93 bits per heavy atom. The molecule has 1 aliphatic rings.